The number of aromatic nitrogens is 1. The zero-order valence-corrected chi connectivity index (χ0v) is 19.0. The minimum Gasteiger partial charge on any atom is -0.477 e. The first-order valence-electron chi connectivity index (χ1n) is 9.34. The zero-order valence-electron chi connectivity index (χ0n) is 17.4. The van der Waals surface area contributed by atoms with E-state index in [2.05, 4.69) is 15.5 Å². The summed E-state index contributed by atoms with van der Waals surface area (Å²) in [4.78, 5) is 69.8. The molecule has 2 aliphatic rings. The molecule has 0 saturated carbocycles. The number of nitrogens with one attached hydrogen (secondary N) is 1. The number of thiazole rings is 1. The van der Waals surface area contributed by atoms with Crippen LogP contribution in [0.5, 0.6) is 0 Å². The van der Waals surface area contributed by atoms with E-state index in [9.17, 15) is 29.1 Å². The Kier molecular flexibility index (Phi) is 7.33. The summed E-state index contributed by atoms with van der Waals surface area (Å²) in [7, 11) is 1.23. The maximum Gasteiger partial charge on any atom is 0.352 e. The van der Waals surface area contributed by atoms with Gasteiger partial charge in [-0.1, -0.05) is 5.16 Å². The Bertz CT molecular complexity index is 1080. The van der Waals surface area contributed by atoms with E-state index in [-0.39, 0.29) is 34.2 Å². The van der Waals surface area contributed by atoms with Crippen molar-refractivity contribution in [3.63, 3.8) is 0 Å². The number of nitrogen functional groups attached to an aromatic ring is 1. The summed E-state index contributed by atoms with van der Waals surface area (Å²) < 4.78 is 5.06. The van der Waals surface area contributed by atoms with Crippen LogP contribution in [0.4, 0.5) is 5.13 Å². The van der Waals surface area contributed by atoms with Crippen LogP contribution in [0.1, 0.15) is 25.5 Å². The molecule has 3 heterocycles. The third kappa shape index (κ3) is 5.31. The predicted molar refractivity (Wildman–Crippen MR) is 116 cm³/mol. The molecule has 13 nitrogen and oxygen atoms in total. The number of ether oxygens (including phenoxy) is 1. The Morgan fingerprint density at radius 3 is 2.67 bits per heavy atom. The second kappa shape index (κ2) is 9.99. The average Bonchev–Trinajstić information content (AvgIpc) is 3.15. The van der Waals surface area contributed by atoms with Gasteiger partial charge in [0.2, 0.25) is 5.91 Å². The van der Waals surface area contributed by atoms with Crippen LogP contribution in [0.15, 0.2) is 21.8 Å². The first kappa shape index (κ1) is 24.2. The molecular weight excluding hydrogens is 478 g/mol. The van der Waals surface area contributed by atoms with E-state index in [4.69, 9.17) is 15.3 Å². The number of carbonyl (C=O) groups excluding carboxylic acids is 4. The van der Waals surface area contributed by atoms with Crippen LogP contribution < -0.4 is 11.1 Å². The van der Waals surface area contributed by atoms with Gasteiger partial charge in [-0.05, 0) is 6.92 Å². The standard InChI is InChI=1S/C18H19N5O8S2/c1-7(24)3-12(26)31-5-8-14(17(28)29)23-10(25)4-11(23)33-16(8)21-15(27)13(22-30-2)9-6-32-18(19)20-9/h6,11,16H,3-5H2,1-2H3,(H2,19,20)(H,21,27)(H,28,29)/b22-13-/t11-,16?/m1/s1. The van der Waals surface area contributed by atoms with E-state index < -0.39 is 53.3 Å². The van der Waals surface area contributed by atoms with Crippen molar-refractivity contribution >= 4 is 63.5 Å². The Morgan fingerprint density at radius 2 is 2.12 bits per heavy atom. The number of rotatable bonds is 9. The van der Waals surface area contributed by atoms with Gasteiger partial charge >= 0.3 is 11.9 Å². The SMILES string of the molecule is CO/N=C(\C(=O)NC1S[C@@H]2CC(=O)N2C(C(=O)O)=C1COC(=O)CC(C)=O)c1csc(N)n1. The van der Waals surface area contributed by atoms with E-state index in [1.54, 1.807) is 0 Å². The largest absolute Gasteiger partial charge is 0.477 e. The van der Waals surface area contributed by atoms with Gasteiger partial charge < -0.3 is 25.7 Å². The van der Waals surface area contributed by atoms with Gasteiger partial charge in [-0.3, -0.25) is 24.1 Å². The number of aliphatic carboxylic acids is 1. The van der Waals surface area contributed by atoms with Gasteiger partial charge in [0.15, 0.2) is 10.8 Å². The Hall–Kier alpha value is -3.46. The summed E-state index contributed by atoms with van der Waals surface area (Å²) in [5.74, 6) is -3.90. The highest BCUT2D eigenvalue weighted by molar-refractivity contribution is 8.00. The number of esters is 1. The Morgan fingerprint density at radius 1 is 1.39 bits per heavy atom. The molecule has 1 fully saturated rings. The molecule has 2 atom stereocenters. The topological polar surface area (TPSA) is 191 Å². The molecule has 1 unspecified atom stereocenters. The molecule has 1 aromatic heterocycles. The van der Waals surface area contributed by atoms with Crippen LogP contribution in [0.25, 0.3) is 0 Å². The number of hydrogen-bond donors (Lipinski definition) is 3. The number of nitrogens with zero attached hydrogens (tertiary/aromatic N) is 3. The lowest BCUT2D eigenvalue weighted by atomic mass is 10.1. The number of β-lactam (4-membered cyclic amide) rings is 1. The van der Waals surface area contributed by atoms with Crippen LogP contribution in [-0.4, -0.2) is 74.7 Å². The second-order valence-corrected chi connectivity index (χ2v) is 9.00. The number of carbonyl (C=O) groups is 5. The van der Waals surface area contributed by atoms with Crippen molar-refractivity contribution in [1.29, 1.82) is 0 Å². The van der Waals surface area contributed by atoms with Crippen molar-refractivity contribution in [3.8, 4) is 0 Å². The maximum atomic E-state index is 13.0. The maximum absolute atomic E-state index is 13.0. The zero-order chi connectivity index (χ0) is 24.3. The van der Waals surface area contributed by atoms with Crippen molar-refractivity contribution in [2.45, 2.75) is 30.5 Å². The summed E-state index contributed by atoms with van der Waals surface area (Å²) in [6, 6.07) is 0. The van der Waals surface area contributed by atoms with Gasteiger partial charge in [-0.2, -0.15) is 0 Å². The number of anilines is 1. The van der Waals surface area contributed by atoms with Crippen molar-refractivity contribution in [2.24, 2.45) is 5.16 Å². The normalized spacial score (nSPS) is 20.0. The Labute approximate surface area is 195 Å². The molecule has 0 bridgehead atoms. The highest BCUT2D eigenvalue weighted by Gasteiger charge is 2.49. The number of oxime groups is 1. The summed E-state index contributed by atoms with van der Waals surface area (Å²) >= 11 is 2.18. The first-order valence-corrected chi connectivity index (χ1v) is 11.2. The molecule has 0 spiro atoms. The van der Waals surface area contributed by atoms with Crippen molar-refractivity contribution in [1.82, 2.24) is 15.2 Å². The highest BCUT2D eigenvalue weighted by atomic mass is 32.2. The van der Waals surface area contributed by atoms with Crippen LogP contribution in [0.2, 0.25) is 0 Å². The molecule has 15 heteroatoms. The third-order valence-corrected chi connectivity index (χ3v) is 6.51. The fourth-order valence-electron chi connectivity index (χ4n) is 3.08. The fourth-order valence-corrected chi connectivity index (χ4v) is 5.05. The molecule has 33 heavy (non-hydrogen) atoms. The Balaban J connectivity index is 1.91. The number of nitrogens with two attached hydrogens (primary N) is 1. The molecule has 0 radical (unpaired) electrons. The van der Waals surface area contributed by atoms with E-state index in [1.807, 2.05) is 0 Å². The lowest BCUT2D eigenvalue weighted by molar-refractivity contribution is -0.147. The molecule has 0 aliphatic carbocycles. The summed E-state index contributed by atoms with van der Waals surface area (Å²) in [5, 5.41) is 16.2. The first-order chi connectivity index (χ1) is 15.6. The van der Waals surface area contributed by atoms with Crippen LogP contribution in [0.3, 0.4) is 0 Å². The van der Waals surface area contributed by atoms with Crippen LogP contribution >= 0.6 is 23.1 Å². The third-order valence-electron chi connectivity index (χ3n) is 4.47. The average molecular weight is 498 g/mol. The fraction of sp³-hybridized carbons (Fsp3) is 0.389. The summed E-state index contributed by atoms with van der Waals surface area (Å²) in [6.45, 7) is 0.649. The monoisotopic (exact) mass is 497 g/mol. The quantitative estimate of drug-likeness (QED) is 0.133. The van der Waals surface area contributed by atoms with E-state index >= 15 is 0 Å². The molecule has 2 amide bonds. The number of thioether (sulfide) groups is 1. The summed E-state index contributed by atoms with van der Waals surface area (Å²) in [6.07, 6.45) is -0.423. The lowest BCUT2D eigenvalue weighted by Crippen LogP contribution is -2.58. The molecule has 1 aromatic rings. The van der Waals surface area contributed by atoms with E-state index in [0.717, 1.165) is 28.0 Å². The minimum absolute atomic E-state index is 0.0309. The van der Waals surface area contributed by atoms with Crippen LogP contribution in [-0.2, 0) is 33.5 Å². The van der Waals surface area contributed by atoms with E-state index in [1.165, 1.54) is 19.4 Å². The van der Waals surface area contributed by atoms with Gasteiger partial charge in [0.05, 0.1) is 11.8 Å². The van der Waals surface area contributed by atoms with Gasteiger partial charge in [-0.25, -0.2) is 9.78 Å². The number of Topliss-reactive ketones (excluding diaryl/α,β-unsaturated/α-hetero) is 1. The van der Waals surface area contributed by atoms with Gasteiger partial charge in [0.1, 0.15) is 42.7 Å². The molecule has 1 saturated heterocycles. The van der Waals surface area contributed by atoms with Crippen molar-refractivity contribution < 1.29 is 38.7 Å². The van der Waals surface area contributed by atoms with Crippen LogP contribution in [0, 0.1) is 0 Å². The van der Waals surface area contributed by atoms with Gasteiger partial charge in [0, 0.05) is 11.0 Å². The molecule has 176 valence electrons. The molecule has 0 aromatic carbocycles. The van der Waals surface area contributed by atoms with Crippen molar-refractivity contribution in [3.05, 3.63) is 22.3 Å². The lowest BCUT2D eigenvalue weighted by Gasteiger charge is -2.46. The predicted octanol–water partition coefficient (Wildman–Crippen LogP) is -0.316. The molecule has 4 N–H and O–H groups in total. The van der Waals surface area contributed by atoms with Crippen molar-refractivity contribution in [2.75, 3.05) is 19.5 Å². The molecule has 3 rings (SSSR count). The molecular formula is C18H19N5O8S2. The smallest absolute Gasteiger partial charge is 0.352 e. The minimum atomic E-state index is -1.43. The number of fused-ring (bicyclic) bond motifs is 1. The number of carboxylic acids is 1. The number of hydrogen-bond acceptors (Lipinski definition) is 12. The van der Waals surface area contributed by atoms with Gasteiger partial charge in [0.25, 0.3) is 5.91 Å². The number of amides is 2. The van der Waals surface area contributed by atoms with E-state index in [0.29, 0.717) is 0 Å². The van der Waals surface area contributed by atoms with Gasteiger partial charge in [-0.15, -0.1) is 23.1 Å². The highest BCUT2D eigenvalue weighted by Crippen LogP contribution is 2.43. The second-order valence-electron chi connectivity index (χ2n) is 6.82. The number of ketones is 1. The molecule has 2 aliphatic heterocycles. The summed E-state index contributed by atoms with van der Waals surface area (Å²) in [5.41, 5.74) is 5.14. The number of carboxylic acid groups (broad SMARTS) is 1.